The molecule has 0 aliphatic rings. The first-order chi connectivity index (χ1) is 9.69. The zero-order valence-electron chi connectivity index (χ0n) is 11.0. The molecule has 0 heterocycles. The van der Waals surface area contributed by atoms with Crippen LogP contribution < -0.4 is 5.32 Å². The van der Waals surface area contributed by atoms with Crippen LogP contribution in [0.15, 0.2) is 48.5 Å². The molecule has 4 heteroatoms. The molecular formula is C16H17ClFNO. The molecule has 0 aliphatic heterocycles. The summed E-state index contributed by atoms with van der Waals surface area (Å²) in [6, 6.07) is 14.4. The fourth-order valence-corrected chi connectivity index (χ4v) is 2.18. The van der Waals surface area contributed by atoms with Gasteiger partial charge in [-0.2, -0.15) is 0 Å². The van der Waals surface area contributed by atoms with Gasteiger partial charge in [-0.25, -0.2) is 4.39 Å². The third-order valence-electron chi connectivity index (χ3n) is 3.14. The van der Waals surface area contributed by atoms with Crippen LogP contribution in [0.5, 0.6) is 0 Å². The Morgan fingerprint density at radius 1 is 1.15 bits per heavy atom. The van der Waals surface area contributed by atoms with Crippen molar-refractivity contribution in [1.82, 2.24) is 5.32 Å². The van der Waals surface area contributed by atoms with Gasteiger partial charge < -0.3 is 10.4 Å². The molecule has 0 bridgehead atoms. The van der Waals surface area contributed by atoms with E-state index in [1.54, 1.807) is 12.1 Å². The summed E-state index contributed by atoms with van der Waals surface area (Å²) in [5.74, 6) is -0.332. The lowest BCUT2D eigenvalue weighted by Crippen LogP contribution is -2.34. The lowest BCUT2D eigenvalue weighted by molar-refractivity contribution is 0.240. The Balaban J connectivity index is 1.93. The predicted octanol–water partition coefficient (Wildman–Crippen LogP) is 3.17. The van der Waals surface area contributed by atoms with E-state index in [1.807, 2.05) is 30.3 Å². The van der Waals surface area contributed by atoms with Gasteiger partial charge in [-0.1, -0.05) is 48.0 Å². The minimum Gasteiger partial charge on any atom is -0.395 e. The lowest BCUT2D eigenvalue weighted by atomic mass is 10.1. The maximum absolute atomic E-state index is 13.6. The van der Waals surface area contributed by atoms with Crippen molar-refractivity contribution in [2.45, 2.75) is 19.0 Å². The quantitative estimate of drug-likeness (QED) is 0.857. The van der Waals surface area contributed by atoms with Gasteiger partial charge in [-0.05, 0) is 24.1 Å². The third kappa shape index (κ3) is 4.30. The molecular weight excluding hydrogens is 277 g/mol. The van der Waals surface area contributed by atoms with Crippen LogP contribution in [0.2, 0.25) is 5.02 Å². The van der Waals surface area contributed by atoms with E-state index >= 15 is 0 Å². The predicted molar refractivity (Wildman–Crippen MR) is 79.3 cm³/mol. The molecule has 0 spiro atoms. The SMILES string of the molecule is OC[C@H](Cc1ccccc1)NCc1ccc(Cl)cc1F. The Labute approximate surface area is 123 Å². The van der Waals surface area contributed by atoms with Crippen LogP contribution >= 0.6 is 11.6 Å². The smallest absolute Gasteiger partial charge is 0.129 e. The van der Waals surface area contributed by atoms with E-state index in [2.05, 4.69) is 5.32 Å². The van der Waals surface area contributed by atoms with Crippen molar-refractivity contribution in [3.63, 3.8) is 0 Å². The first-order valence-corrected chi connectivity index (χ1v) is 6.89. The molecule has 0 amide bonds. The second kappa shape index (κ2) is 7.39. The Morgan fingerprint density at radius 2 is 1.90 bits per heavy atom. The first kappa shape index (κ1) is 15.0. The Kier molecular flexibility index (Phi) is 5.53. The van der Waals surface area contributed by atoms with Gasteiger partial charge in [0, 0.05) is 23.2 Å². The van der Waals surface area contributed by atoms with Crippen LogP contribution in [-0.2, 0) is 13.0 Å². The van der Waals surface area contributed by atoms with Crippen molar-refractivity contribution in [2.24, 2.45) is 0 Å². The maximum atomic E-state index is 13.6. The van der Waals surface area contributed by atoms with E-state index in [0.717, 1.165) is 5.56 Å². The van der Waals surface area contributed by atoms with Gasteiger partial charge in [0.2, 0.25) is 0 Å². The van der Waals surface area contributed by atoms with Gasteiger partial charge in [0.1, 0.15) is 5.82 Å². The summed E-state index contributed by atoms with van der Waals surface area (Å²) in [7, 11) is 0. The molecule has 0 aromatic heterocycles. The van der Waals surface area contributed by atoms with Crippen molar-refractivity contribution in [3.8, 4) is 0 Å². The van der Waals surface area contributed by atoms with Crippen LogP contribution in [-0.4, -0.2) is 17.8 Å². The van der Waals surface area contributed by atoms with E-state index in [1.165, 1.54) is 6.07 Å². The molecule has 20 heavy (non-hydrogen) atoms. The van der Waals surface area contributed by atoms with Crippen LogP contribution in [0, 0.1) is 5.82 Å². The number of hydrogen-bond acceptors (Lipinski definition) is 2. The van der Waals surface area contributed by atoms with Crippen LogP contribution in [0.4, 0.5) is 4.39 Å². The largest absolute Gasteiger partial charge is 0.395 e. The van der Waals surface area contributed by atoms with Gasteiger partial charge in [-0.3, -0.25) is 0 Å². The van der Waals surface area contributed by atoms with Crippen molar-refractivity contribution in [2.75, 3.05) is 6.61 Å². The van der Waals surface area contributed by atoms with Crippen LogP contribution in [0.1, 0.15) is 11.1 Å². The van der Waals surface area contributed by atoms with Crippen LogP contribution in [0.3, 0.4) is 0 Å². The van der Waals surface area contributed by atoms with Gasteiger partial charge in [0.25, 0.3) is 0 Å². The van der Waals surface area contributed by atoms with Gasteiger partial charge in [0.15, 0.2) is 0 Å². The second-order valence-electron chi connectivity index (χ2n) is 4.69. The molecule has 0 saturated carbocycles. The molecule has 0 radical (unpaired) electrons. The van der Waals surface area contributed by atoms with E-state index in [-0.39, 0.29) is 18.5 Å². The highest BCUT2D eigenvalue weighted by molar-refractivity contribution is 6.30. The fraction of sp³-hybridized carbons (Fsp3) is 0.250. The Bertz CT molecular complexity index is 547. The van der Waals surface area contributed by atoms with Crippen molar-refractivity contribution < 1.29 is 9.50 Å². The highest BCUT2D eigenvalue weighted by Gasteiger charge is 2.09. The zero-order chi connectivity index (χ0) is 14.4. The fourth-order valence-electron chi connectivity index (χ4n) is 2.02. The molecule has 2 nitrogen and oxygen atoms in total. The van der Waals surface area contributed by atoms with Gasteiger partial charge in [0.05, 0.1) is 6.61 Å². The second-order valence-corrected chi connectivity index (χ2v) is 5.12. The highest BCUT2D eigenvalue weighted by atomic mass is 35.5. The highest BCUT2D eigenvalue weighted by Crippen LogP contribution is 2.14. The van der Waals surface area contributed by atoms with E-state index in [9.17, 15) is 9.50 Å². The van der Waals surface area contributed by atoms with E-state index < -0.39 is 0 Å². The molecule has 2 aromatic carbocycles. The average Bonchev–Trinajstić information content (AvgIpc) is 2.46. The number of aliphatic hydroxyl groups is 1. The molecule has 2 aromatic rings. The number of aliphatic hydroxyl groups excluding tert-OH is 1. The van der Waals surface area contributed by atoms with Crippen LogP contribution in [0.25, 0.3) is 0 Å². The summed E-state index contributed by atoms with van der Waals surface area (Å²) in [5.41, 5.74) is 1.68. The Morgan fingerprint density at radius 3 is 2.55 bits per heavy atom. The van der Waals surface area contributed by atoms with Crippen molar-refractivity contribution in [3.05, 3.63) is 70.5 Å². The number of rotatable bonds is 6. The molecule has 0 fully saturated rings. The maximum Gasteiger partial charge on any atom is 0.129 e. The van der Waals surface area contributed by atoms with Gasteiger partial charge >= 0.3 is 0 Å². The molecule has 2 N–H and O–H groups in total. The summed E-state index contributed by atoms with van der Waals surface area (Å²) in [5, 5.41) is 12.9. The number of hydrogen-bond donors (Lipinski definition) is 2. The first-order valence-electron chi connectivity index (χ1n) is 6.51. The summed E-state index contributed by atoms with van der Waals surface area (Å²) in [6.45, 7) is 0.366. The lowest BCUT2D eigenvalue weighted by Gasteiger charge is -2.16. The van der Waals surface area contributed by atoms with E-state index in [4.69, 9.17) is 11.6 Å². The summed E-state index contributed by atoms with van der Waals surface area (Å²) >= 11 is 5.71. The summed E-state index contributed by atoms with van der Waals surface area (Å²) < 4.78 is 13.6. The number of nitrogens with one attached hydrogen (secondary N) is 1. The monoisotopic (exact) mass is 293 g/mol. The minimum absolute atomic E-state index is 0.00407. The summed E-state index contributed by atoms with van der Waals surface area (Å²) in [6.07, 6.45) is 0.701. The van der Waals surface area contributed by atoms with Gasteiger partial charge in [-0.15, -0.1) is 0 Å². The molecule has 1 atom stereocenters. The minimum atomic E-state index is -0.332. The molecule has 0 saturated heterocycles. The molecule has 2 rings (SSSR count). The van der Waals surface area contributed by atoms with Crippen molar-refractivity contribution in [1.29, 1.82) is 0 Å². The topological polar surface area (TPSA) is 32.3 Å². The zero-order valence-corrected chi connectivity index (χ0v) is 11.8. The van der Waals surface area contributed by atoms with E-state index in [0.29, 0.717) is 23.6 Å². The van der Waals surface area contributed by atoms with Crippen molar-refractivity contribution >= 4 is 11.6 Å². The average molecular weight is 294 g/mol. The number of benzene rings is 2. The Hall–Kier alpha value is -1.42. The molecule has 0 aliphatic carbocycles. The molecule has 106 valence electrons. The number of halogens is 2. The summed E-state index contributed by atoms with van der Waals surface area (Å²) in [4.78, 5) is 0. The third-order valence-corrected chi connectivity index (χ3v) is 3.38. The normalized spacial score (nSPS) is 12.3. The molecule has 0 unspecified atom stereocenters. The standard InChI is InChI=1S/C16H17ClFNO/c17-14-7-6-13(16(18)9-14)10-19-15(11-20)8-12-4-2-1-3-5-12/h1-7,9,15,19-20H,8,10-11H2/t15-/m0/s1.